The van der Waals surface area contributed by atoms with Gasteiger partial charge in [-0.05, 0) is 6.08 Å². The van der Waals surface area contributed by atoms with E-state index in [0.717, 1.165) is 32.1 Å². The zero-order valence-electron chi connectivity index (χ0n) is 8.82. The van der Waals surface area contributed by atoms with Crippen molar-refractivity contribution in [1.29, 1.82) is 0 Å². The SMILES string of the molecule is NC(=O)C1=CC=C(N2CC3(CNC3)C2)ON1. The van der Waals surface area contributed by atoms with Crippen LogP contribution in [-0.2, 0) is 9.63 Å². The van der Waals surface area contributed by atoms with E-state index in [1.165, 1.54) is 0 Å². The lowest BCUT2D eigenvalue weighted by Gasteiger charge is -2.56. The molecule has 3 aliphatic rings. The number of nitrogens with zero attached hydrogens (tertiary/aromatic N) is 1. The first-order valence-corrected chi connectivity index (χ1v) is 5.29. The van der Waals surface area contributed by atoms with Crippen molar-refractivity contribution >= 4 is 5.91 Å². The smallest absolute Gasteiger partial charge is 0.268 e. The summed E-state index contributed by atoms with van der Waals surface area (Å²) in [7, 11) is 0. The van der Waals surface area contributed by atoms with E-state index >= 15 is 0 Å². The molecule has 3 heterocycles. The van der Waals surface area contributed by atoms with Gasteiger partial charge < -0.3 is 20.8 Å². The minimum atomic E-state index is -0.515. The lowest BCUT2D eigenvalue weighted by Crippen LogP contribution is -2.70. The summed E-state index contributed by atoms with van der Waals surface area (Å²) in [6.45, 7) is 4.19. The number of allylic oxidation sites excluding steroid dienone is 2. The van der Waals surface area contributed by atoms with Gasteiger partial charge in [0.15, 0.2) is 0 Å². The summed E-state index contributed by atoms with van der Waals surface area (Å²) < 4.78 is 0. The molecule has 0 aromatic rings. The average molecular weight is 222 g/mol. The van der Waals surface area contributed by atoms with Crippen LogP contribution in [-0.4, -0.2) is 37.0 Å². The number of hydrogen-bond donors (Lipinski definition) is 3. The Morgan fingerprint density at radius 1 is 1.44 bits per heavy atom. The van der Waals surface area contributed by atoms with Gasteiger partial charge in [0.05, 0.1) is 0 Å². The minimum absolute atomic E-state index is 0.282. The number of nitrogens with two attached hydrogens (primary N) is 1. The highest BCUT2D eigenvalue weighted by atomic mass is 16.7. The van der Waals surface area contributed by atoms with E-state index in [-0.39, 0.29) is 5.70 Å². The fourth-order valence-corrected chi connectivity index (χ4v) is 2.25. The molecule has 1 spiro atoms. The maximum absolute atomic E-state index is 10.8. The molecule has 4 N–H and O–H groups in total. The lowest BCUT2D eigenvalue weighted by molar-refractivity contribution is -0.117. The molecule has 1 amide bonds. The van der Waals surface area contributed by atoms with Crippen molar-refractivity contribution in [1.82, 2.24) is 15.7 Å². The third-order valence-electron chi connectivity index (χ3n) is 3.29. The molecular weight excluding hydrogens is 208 g/mol. The summed E-state index contributed by atoms with van der Waals surface area (Å²) >= 11 is 0. The van der Waals surface area contributed by atoms with Crippen molar-refractivity contribution in [3.8, 4) is 0 Å². The molecular formula is C10H14N4O2. The molecule has 86 valence electrons. The van der Waals surface area contributed by atoms with Crippen LogP contribution in [0.3, 0.4) is 0 Å². The van der Waals surface area contributed by atoms with Crippen LogP contribution in [0.25, 0.3) is 0 Å². The number of amides is 1. The summed E-state index contributed by atoms with van der Waals surface area (Å²) in [4.78, 5) is 18.2. The highest BCUT2D eigenvalue weighted by Gasteiger charge is 2.48. The maximum Gasteiger partial charge on any atom is 0.268 e. The van der Waals surface area contributed by atoms with Gasteiger partial charge in [0.1, 0.15) is 5.70 Å². The minimum Gasteiger partial charge on any atom is -0.364 e. The predicted octanol–water partition coefficient (Wildman–Crippen LogP) is -1.36. The summed E-state index contributed by atoms with van der Waals surface area (Å²) in [5.41, 5.74) is 8.39. The predicted molar refractivity (Wildman–Crippen MR) is 56.5 cm³/mol. The van der Waals surface area contributed by atoms with Crippen LogP contribution in [0.2, 0.25) is 0 Å². The molecule has 3 aliphatic heterocycles. The summed E-state index contributed by atoms with van der Waals surface area (Å²) in [6.07, 6.45) is 3.42. The van der Waals surface area contributed by atoms with Crippen molar-refractivity contribution in [3.63, 3.8) is 0 Å². The van der Waals surface area contributed by atoms with Crippen molar-refractivity contribution in [3.05, 3.63) is 23.7 Å². The second-order valence-electron chi connectivity index (χ2n) is 4.61. The molecule has 0 bridgehead atoms. The number of carbonyl (C=O) groups excluding carboxylic acids is 1. The standard InChI is InChI=1S/C10H14N4O2/c11-9(15)7-1-2-8(16-13-7)14-5-10(6-14)3-12-4-10/h1-2,12-13H,3-6H2,(H2,11,15). The zero-order chi connectivity index (χ0) is 11.2. The van der Waals surface area contributed by atoms with Gasteiger partial charge >= 0.3 is 0 Å². The molecule has 0 aromatic heterocycles. The average Bonchev–Trinajstić information content (AvgIpc) is 2.14. The van der Waals surface area contributed by atoms with Crippen LogP contribution in [0, 0.1) is 5.41 Å². The number of rotatable bonds is 2. The van der Waals surface area contributed by atoms with E-state index in [1.54, 1.807) is 12.2 Å². The van der Waals surface area contributed by atoms with Crippen molar-refractivity contribution in [2.45, 2.75) is 0 Å². The largest absolute Gasteiger partial charge is 0.364 e. The Bertz CT molecular complexity index is 390. The number of hydroxylamine groups is 1. The second kappa shape index (κ2) is 3.15. The number of nitrogens with one attached hydrogen (secondary N) is 2. The van der Waals surface area contributed by atoms with Crippen LogP contribution < -0.4 is 16.5 Å². The summed E-state index contributed by atoms with van der Waals surface area (Å²) in [5, 5.41) is 3.27. The van der Waals surface area contributed by atoms with Gasteiger partial charge in [-0.25, -0.2) is 5.48 Å². The summed E-state index contributed by atoms with van der Waals surface area (Å²) in [5.74, 6) is 0.237. The number of carbonyl (C=O) groups is 1. The van der Waals surface area contributed by atoms with E-state index in [2.05, 4.69) is 15.7 Å². The first kappa shape index (κ1) is 9.53. The number of primary amides is 1. The third kappa shape index (κ3) is 1.34. The quantitative estimate of drug-likeness (QED) is 0.537. The second-order valence-corrected chi connectivity index (χ2v) is 4.61. The zero-order valence-corrected chi connectivity index (χ0v) is 8.82. The van der Waals surface area contributed by atoms with Crippen LogP contribution in [0.15, 0.2) is 23.7 Å². The normalized spacial score (nSPS) is 25.6. The van der Waals surface area contributed by atoms with E-state index in [0.29, 0.717) is 5.41 Å². The topological polar surface area (TPSA) is 79.6 Å². The molecule has 2 fully saturated rings. The molecule has 0 unspecified atom stereocenters. The van der Waals surface area contributed by atoms with Gasteiger partial charge in [-0.3, -0.25) is 4.79 Å². The van der Waals surface area contributed by atoms with Crippen LogP contribution in [0.1, 0.15) is 0 Å². The van der Waals surface area contributed by atoms with E-state index in [9.17, 15) is 4.79 Å². The highest BCUT2D eigenvalue weighted by Crippen LogP contribution is 2.36. The fourth-order valence-electron chi connectivity index (χ4n) is 2.25. The van der Waals surface area contributed by atoms with Gasteiger partial charge in [-0.1, -0.05) is 0 Å². The maximum atomic E-state index is 10.8. The Kier molecular flexibility index (Phi) is 1.88. The third-order valence-corrected chi connectivity index (χ3v) is 3.29. The Hall–Kier alpha value is -1.69. The van der Waals surface area contributed by atoms with Gasteiger partial charge in [0.25, 0.3) is 5.91 Å². The van der Waals surface area contributed by atoms with Crippen LogP contribution in [0.5, 0.6) is 0 Å². The Balaban J connectivity index is 1.63. The first-order chi connectivity index (χ1) is 7.69. The van der Waals surface area contributed by atoms with Gasteiger partial charge in [0, 0.05) is 37.7 Å². The Labute approximate surface area is 93.1 Å². The van der Waals surface area contributed by atoms with Crippen molar-refractivity contribution < 1.29 is 9.63 Å². The fraction of sp³-hybridized carbons (Fsp3) is 0.500. The van der Waals surface area contributed by atoms with Crippen molar-refractivity contribution in [2.24, 2.45) is 11.1 Å². The molecule has 2 saturated heterocycles. The van der Waals surface area contributed by atoms with Gasteiger partial charge in [0.2, 0.25) is 5.88 Å². The lowest BCUT2D eigenvalue weighted by atomic mass is 9.74. The van der Waals surface area contributed by atoms with Gasteiger partial charge in [-0.15, -0.1) is 0 Å². The van der Waals surface area contributed by atoms with E-state index in [4.69, 9.17) is 10.6 Å². The Morgan fingerprint density at radius 3 is 2.62 bits per heavy atom. The Morgan fingerprint density at radius 2 is 2.19 bits per heavy atom. The molecule has 0 aromatic carbocycles. The molecule has 0 aliphatic carbocycles. The molecule has 6 heteroatoms. The molecule has 0 saturated carbocycles. The van der Waals surface area contributed by atoms with Crippen LogP contribution >= 0.6 is 0 Å². The van der Waals surface area contributed by atoms with Crippen LogP contribution in [0.4, 0.5) is 0 Å². The molecule has 0 atom stereocenters. The number of likely N-dealkylation sites (tertiary alicyclic amines) is 1. The first-order valence-electron chi connectivity index (χ1n) is 5.29. The molecule has 16 heavy (non-hydrogen) atoms. The molecule has 6 nitrogen and oxygen atoms in total. The van der Waals surface area contributed by atoms with E-state index in [1.807, 2.05) is 0 Å². The molecule has 3 rings (SSSR count). The monoisotopic (exact) mass is 222 g/mol. The van der Waals surface area contributed by atoms with Crippen molar-refractivity contribution in [2.75, 3.05) is 26.2 Å². The number of hydrogen-bond acceptors (Lipinski definition) is 5. The summed E-state index contributed by atoms with van der Waals surface area (Å²) in [6, 6.07) is 0. The van der Waals surface area contributed by atoms with Gasteiger partial charge in [-0.2, -0.15) is 0 Å². The molecule has 0 radical (unpaired) electrons. The van der Waals surface area contributed by atoms with E-state index < -0.39 is 5.91 Å². The highest BCUT2D eigenvalue weighted by molar-refractivity contribution is 5.91.